The number of carbonyl (C=O) groups is 1. The Morgan fingerprint density at radius 2 is 2.16 bits per heavy atom. The number of methoxy groups -OCH3 is 1. The average molecular weight is 422 g/mol. The van der Waals surface area contributed by atoms with E-state index in [1.54, 1.807) is 21.7 Å². The predicted octanol–water partition coefficient (Wildman–Crippen LogP) is 1.83. The molecule has 162 valence electrons. The van der Waals surface area contributed by atoms with Crippen LogP contribution in [0.3, 0.4) is 0 Å². The van der Waals surface area contributed by atoms with Gasteiger partial charge in [0.25, 0.3) is 5.88 Å². The summed E-state index contributed by atoms with van der Waals surface area (Å²) in [5.41, 5.74) is 3.75. The van der Waals surface area contributed by atoms with Gasteiger partial charge in [-0.05, 0) is 26.3 Å². The first-order valence-electron chi connectivity index (χ1n) is 10.5. The number of aryl methyl sites for hydroxylation is 1. The molecule has 0 aromatic carbocycles. The number of imidazole rings is 1. The third-order valence-electron chi connectivity index (χ3n) is 5.76. The van der Waals surface area contributed by atoms with Crippen LogP contribution in [-0.4, -0.2) is 64.7 Å². The van der Waals surface area contributed by atoms with Gasteiger partial charge in [-0.1, -0.05) is 0 Å². The molecule has 0 bridgehead atoms. The van der Waals surface area contributed by atoms with Crippen LogP contribution < -0.4 is 25.2 Å². The van der Waals surface area contributed by atoms with Crippen LogP contribution in [0, 0.1) is 6.92 Å². The van der Waals surface area contributed by atoms with Gasteiger partial charge in [0.1, 0.15) is 5.82 Å². The van der Waals surface area contributed by atoms with Gasteiger partial charge in [0.2, 0.25) is 5.65 Å². The second-order valence-electron chi connectivity index (χ2n) is 8.01. The Morgan fingerprint density at radius 3 is 2.97 bits per heavy atom. The van der Waals surface area contributed by atoms with E-state index in [-0.39, 0.29) is 6.03 Å². The Morgan fingerprint density at radius 1 is 1.29 bits per heavy atom. The number of ether oxygens (including phenoxy) is 1. The molecular formula is C21H26N8O2. The van der Waals surface area contributed by atoms with Crippen LogP contribution >= 0.6 is 0 Å². The SMILES string of the molecule is COc1nc(NC(=O)N2CCc3c(N4CCN[C@H](C)C4)ccnc32)cn2cc(C)nc12. The zero-order valence-electron chi connectivity index (χ0n) is 17.9. The van der Waals surface area contributed by atoms with E-state index in [4.69, 9.17) is 4.74 Å². The van der Waals surface area contributed by atoms with Gasteiger partial charge in [0.15, 0.2) is 5.82 Å². The van der Waals surface area contributed by atoms with E-state index in [9.17, 15) is 4.79 Å². The highest BCUT2D eigenvalue weighted by Crippen LogP contribution is 2.34. The van der Waals surface area contributed by atoms with Crippen molar-refractivity contribution in [3.05, 3.63) is 35.9 Å². The lowest BCUT2D eigenvalue weighted by molar-refractivity contribution is 0.257. The number of hydrogen-bond donors (Lipinski definition) is 2. The summed E-state index contributed by atoms with van der Waals surface area (Å²) in [4.78, 5) is 30.5. The molecule has 0 saturated carbocycles. The Balaban J connectivity index is 1.40. The molecule has 5 heterocycles. The van der Waals surface area contributed by atoms with Crippen molar-refractivity contribution in [3.8, 4) is 5.88 Å². The molecule has 10 heteroatoms. The molecule has 0 radical (unpaired) electrons. The molecule has 2 N–H and O–H groups in total. The molecule has 10 nitrogen and oxygen atoms in total. The average Bonchev–Trinajstić information content (AvgIpc) is 3.35. The highest BCUT2D eigenvalue weighted by atomic mass is 16.5. The van der Waals surface area contributed by atoms with Crippen molar-refractivity contribution in [1.29, 1.82) is 0 Å². The number of anilines is 3. The lowest BCUT2D eigenvalue weighted by atomic mass is 10.1. The summed E-state index contributed by atoms with van der Waals surface area (Å²) < 4.78 is 7.16. The van der Waals surface area contributed by atoms with Crippen molar-refractivity contribution < 1.29 is 9.53 Å². The molecule has 0 spiro atoms. The van der Waals surface area contributed by atoms with Gasteiger partial charge in [-0.3, -0.25) is 14.6 Å². The fraction of sp³-hybridized carbons (Fsp3) is 0.429. The second kappa shape index (κ2) is 7.69. The molecule has 1 saturated heterocycles. The topological polar surface area (TPSA) is 99.9 Å². The summed E-state index contributed by atoms with van der Waals surface area (Å²) >= 11 is 0. The van der Waals surface area contributed by atoms with Crippen LogP contribution in [0.15, 0.2) is 24.7 Å². The van der Waals surface area contributed by atoms with E-state index in [2.05, 4.69) is 43.5 Å². The van der Waals surface area contributed by atoms with Crippen LogP contribution in [0.2, 0.25) is 0 Å². The number of aromatic nitrogens is 4. The molecule has 3 aromatic rings. The number of nitrogens with zero attached hydrogens (tertiary/aromatic N) is 6. The maximum atomic E-state index is 13.1. The largest absolute Gasteiger partial charge is 0.478 e. The Kier molecular flexibility index (Phi) is 4.85. The molecule has 2 aliphatic rings. The molecule has 2 amide bonds. The Hall–Kier alpha value is -3.40. The first kappa shape index (κ1) is 19.6. The third-order valence-corrected chi connectivity index (χ3v) is 5.76. The number of amides is 2. The van der Waals surface area contributed by atoms with Gasteiger partial charge < -0.3 is 15.0 Å². The van der Waals surface area contributed by atoms with E-state index in [0.717, 1.165) is 37.3 Å². The van der Waals surface area contributed by atoms with Gasteiger partial charge in [-0.2, -0.15) is 4.98 Å². The number of rotatable bonds is 3. The molecule has 5 rings (SSSR count). The number of fused-ring (bicyclic) bond motifs is 2. The molecule has 31 heavy (non-hydrogen) atoms. The lowest BCUT2D eigenvalue weighted by Crippen LogP contribution is -2.49. The van der Waals surface area contributed by atoms with Crippen LogP contribution in [0.4, 0.5) is 22.1 Å². The summed E-state index contributed by atoms with van der Waals surface area (Å²) in [7, 11) is 1.54. The van der Waals surface area contributed by atoms with Gasteiger partial charge >= 0.3 is 6.03 Å². The van der Waals surface area contributed by atoms with E-state index in [0.29, 0.717) is 35.7 Å². The van der Waals surface area contributed by atoms with Crippen molar-refractivity contribution >= 4 is 29.0 Å². The fourth-order valence-electron chi connectivity index (χ4n) is 4.39. The summed E-state index contributed by atoms with van der Waals surface area (Å²) in [6.45, 7) is 7.50. The highest BCUT2D eigenvalue weighted by molar-refractivity contribution is 6.02. The first-order chi connectivity index (χ1) is 15.0. The third kappa shape index (κ3) is 3.52. The van der Waals surface area contributed by atoms with Gasteiger partial charge in [-0.15, -0.1) is 0 Å². The van der Waals surface area contributed by atoms with E-state index in [1.807, 2.05) is 13.1 Å². The molecule has 0 aliphatic carbocycles. The Labute approximate surface area is 180 Å². The lowest BCUT2D eigenvalue weighted by Gasteiger charge is -2.34. The van der Waals surface area contributed by atoms with Crippen molar-refractivity contribution in [2.45, 2.75) is 26.3 Å². The van der Waals surface area contributed by atoms with E-state index < -0.39 is 0 Å². The molecule has 1 fully saturated rings. The molecular weight excluding hydrogens is 396 g/mol. The number of nitrogens with one attached hydrogen (secondary N) is 2. The van der Waals surface area contributed by atoms with Gasteiger partial charge in [-0.25, -0.2) is 14.8 Å². The van der Waals surface area contributed by atoms with E-state index in [1.165, 1.54) is 12.8 Å². The summed E-state index contributed by atoms with van der Waals surface area (Å²) in [6, 6.07) is 2.23. The minimum absolute atomic E-state index is 0.261. The number of pyridine rings is 1. The van der Waals surface area contributed by atoms with Crippen LogP contribution in [0.1, 0.15) is 18.2 Å². The molecule has 0 unspecified atom stereocenters. The number of urea groups is 1. The first-order valence-corrected chi connectivity index (χ1v) is 10.5. The van der Waals surface area contributed by atoms with Crippen molar-refractivity contribution in [2.75, 3.05) is 48.4 Å². The Bertz CT molecular complexity index is 1140. The highest BCUT2D eigenvalue weighted by Gasteiger charge is 2.30. The zero-order valence-corrected chi connectivity index (χ0v) is 17.9. The second-order valence-corrected chi connectivity index (χ2v) is 8.01. The number of piperazine rings is 1. The predicted molar refractivity (Wildman–Crippen MR) is 118 cm³/mol. The molecule has 1 atom stereocenters. The maximum Gasteiger partial charge on any atom is 0.328 e. The van der Waals surface area contributed by atoms with Gasteiger partial charge in [0.05, 0.1) is 19.0 Å². The van der Waals surface area contributed by atoms with Crippen LogP contribution in [0.5, 0.6) is 5.88 Å². The van der Waals surface area contributed by atoms with Gasteiger partial charge in [0, 0.05) is 55.9 Å². The van der Waals surface area contributed by atoms with Crippen molar-refractivity contribution in [2.24, 2.45) is 0 Å². The van der Waals surface area contributed by atoms with Crippen LogP contribution in [0.25, 0.3) is 5.65 Å². The monoisotopic (exact) mass is 422 g/mol. The quantitative estimate of drug-likeness (QED) is 0.664. The normalized spacial score (nSPS) is 18.4. The minimum Gasteiger partial charge on any atom is -0.478 e. The van der Waals surface area contributed by atoms with E-state index >= 15 is 0 Å². The van der Waals surface area contributed by atoms with Crippen molar-refractivity contribution in [1.82, 2.24) is 24.7 Å². The standard InChI is InChI=1S/C21H26N8O2/c1-13-10-27(9-7-22-13)16-4-6-23-18-15(16)5-8-29(18)21(30)26-17-12-28-11-14(2)24-19(28)20(25-17)31-3/h4,6,11-13,22H,5,7-10H2,1-3H3,(H,26,30)/t13-/m1/s1. The minimum atomic E-state index is -0.261. The maximum absolute atomic E-state index is 13.1. The summed E-state index contributed by atoms with van der Waals surface area (Å²) in [6.07, 6.45) is 6.16. The zero-order chi connectivity index (χ0) is 21.5. The molecule has 3 aromatic heterocycles. The molecule has 2 aliphatic heterocycles. The number of carbonyl (C=O) groups excluding carboxylic acids is 1. The van der Waals surface area contributed by atoms with Crippen LogP contribution in [-0.2, 0) is 6.42 Å². The smallest absolute Gasteiger partial charge is 0.328 e. The summed E-state index contributed by atoms with van der Waals surface area (Å²) in [5, 5.41) is 6.36. The number of hydrogen-bond acceptors (Lipinski definition) is 7. The summed E-state index contributed by atoms with van der Waals surface area (Å²) in [5.74, 6) is 1.47. The fourth-order valence-corrected chi connectivity index (χ4v) is 4.39. The van der Waals surface area contributed by atoms with Crippen molar-refractivity contribution in [3.63, 3.8) is 0 Å².